The van der Waals surface area contributed by atoms with Crippen LogP contribution in [0.2, 0.25) is 0 Å². The van der Waals surface area contributed by atoms with Crippen LogP contribution in [0, 0.1) is 11.3 Å². The molecule has 3 heterocycles. The topological polar surface area (TPSA) is 51.7 Å². The number of carbonyl (C=O) groups excluding carboxylic acids is 1. The Balaban J connectivity index is 1.46. The molecule has 2 aliphatic heterocycles. The van der Waals surface area contributed by atoms with Crippen LogP contribution in [0.15, 0.2) is 10.9 Å². The number of piperidine rings is 1. The fourth-order valence-corrected chi connectivity index (χ4v) is 4.39. The molecule has 3 aliphatic rings. The van der Waals surface area contributed by atoms with E-state index in [4.69, 9.17) is 9.47 Å². The highest BCUT2D eigenvalue weighted by atomic mass is 32.1. The van der Waals surface area contributed by atoms with Gasteiger partial charge in [-0.3, -0.25) is 4.79 Å². The number of likely N-dealkylation sites (tertiary alicyclic amines) is 1. The molecule has 1 aromatic heterocycles. The van der Waals surface area contributed by atoms with Crippen molar-refractivity contribution in [3.8, 4) is 0 Å². The summed E-state index contributed by atoms with van der Waals surface area (Å²) in [6, 6.07) is 0. The average Bonchev–Trinajstić information content (AvgIpc) is 3.24. The summed E-state index contributed by atoms with van der Waals surface area (Å²) in [6.45, 7) is 3.92. The van der Waals surface area contributed by atoms with Gasteiger partial charge in [-0.2, -0.15) is 0 Å². The molecule has 2 atom stereocenters. The zero-order valence-corrected chi connectivity index (χ0v) is 14.2. The SMILES string of the molecule is O=C(c1cscn1)N1CC[C@H]2OCCC[C@@]2(COCC2CC2)C1. The molecular formula is C17H24N2O3S. The summed E-state index contributed by atoms with van der Waals surface area (Å²) in [5.74, 6) is 0.822. The van der Waals surface area contributed by atoms with Crippen molar-refractivity contribution in [1.82, 2.24) is 9.88 Å². The first-order valence-corrected chi connectivity index (χ1v) is 9.58. The standard InChI is InChI=1S/C17H24N2O3S/c20-16(14-9-23-12-18-14)19-6-4-15-17(10-19,5-1-7-22-15)11-21-8-13-2-3-13/h9,12-13,15H,1-8,10-11H2/t15-,17+/m1/s1. The molecule has 2 saturated heterocycles. The van der Waals surface area contributed by atoms with E-state index in [0.29, 0.717) is 5.69 Å². The van der Waals surface area contributed by atoms with E-state index in [2.05, 4.69) is 4.98 Å². The number of hydrogen-bond donors (Lipinski definition) is 0. The van der Waals surface area contributed by atoms with Crippen LogP contribution in [0.1, 0.15) is 42.6 Å². The van der Waals surface area contributed by atoms with Gasteiger partial charge < -0.3 is 14.4 Å². The zero-order valence-electron chi connectivity index (χ0n) is 13.4. The molecule has 0 bridgehead atoms. The van der Waals surface area contributed by atoms with Crippen molar-refractivity contribution < 1.29 is 14.3 Å². The number of ether oxygens (including phenoxy) is 2. The maximum atomic E-state index is 12.7. The third kappa shape index (κ3) is 3.30. The number of thiazole rings is 1. The van der Waals surface area contributed by atoms with E-state index in [1.165, 1.54) is 24.2 Å². The van der Waals surface area contributed by atoms with Gasteiger partial charge in [0, 0.05) is 37.1 Å². The van der Waals surface area contributed by atoms with Gasteiger partial charge in [-0.05, 0) is 38.0 Å². The van der Waals surface area contributed by atoms with Crippen molar-refractivity contribution >= 4 is 17.2 Å². The second kappa shape index (κ2) is 6.49. The summed E-state index contributed by atoms with van der Waals surface area (Å²) in [6.07, 6.45) is 5.89. The highest BCUT2D eigenvalue weighted by molar-refractivity contribution is 7.07. The third-order valence-electron chi connectivity index (χ3n) is 5.37. The highest BCUT2D eigenvalue weighted by Gasteiger charge is 2.47. The summed E-state index contributed by atoms with van der Waals surface area (Å²) in [5.41, 5.74) is 2.26. The molecular weight excluding hydrogens is 312 g/mol. The molecule has 1 aliphatic carbocycles. The van der Waals surface area contributed by atoms with Crippen molar-refractivity contribution in [2.45, 2.75) is 38.2 Å². The van der Waals surface area contributed by atoms with Gasteiger partial charge in [-0.1, -0.05) is 0 Å². The highest BCUT2D eigenvalue weighted by Crippen LogP contribution is 2.41. The molecule has 0 aromatic carbocycles. The number of fused-ring (bicyclic) bond motifs is 1. The van der Waals surface area contributed by atoms with Gasteiger partial charge in [0.2, 0.25) is 0 Å². The van der Waals surface area contributed by atoms with E-state index in [1.807, 2.05) is 10.3 Å². The van der Waals surface area contributed by atoms with Gasteiger partial charge in [0.05, 0.1) is 18.2 Å². The Morgan fingerprint density at radius 3 is 3.17 bits per heavy atom. The normalized spacial score (nSPS) is 31.0. The van der Waals surface area contributed by atoms with Crippen LogP contribution in [0.5, 0.6) is 0 Å². The van der Waals surface area contributed by atoms with Gasteiger partial charge >= 0.3 is 0 Å². The predicted molar refractivity (Wildman–Crippen MR) is 87.6 cm³/mol. The molecule has 1 amide bonds. The van der Waals surface area contributed by atoms with E-state index in [0.717, 1.165) is 58.1 Å². The molecule has 0 radical (unpaired) electrons. The number of amides is 1. The number of aromatic nitrogens is 1. The van der Waals surface area contributed by atoms with E-state index in [1.54, 1.807) is 5.51 Å². The Morgan fingerprint density at radius 2 is 2.39 bits per heavy atom. The van der Waals surface area contributed by atoms with Crippen molar-refractivity contribution in [3.05, 3.63) is 16.6 Å². The summed E-state index contributed by atoms with van der Waals surface area (Å²) >= 11 is 1.47. The zero-order chi connectivity index (χ0) is 15.7. The van der Waals surface area contributed by atoms with Crippen LogP contribution >= 0.6 is 11.3 Å². The number of nitrogens with zero attached hydrogens (tertiary/aromatic N) is 2. The third-order valence-corrected chi connectivity index (χ3v) is 5.95. The number of rotatable bonds is 5. The fraction of sp³-hybridized carbons (Fsp3) is 0.765. The first-order valence-electron chi connectivity index (χ1n) is 8.64. The molecule has 6 heteroatoms. The molecule has 4 rings (SSSR count). The molecule has 0 unspecified atom stereocenters. The molecule has 0 N–H and O–H groups in total. The van der Waals surface area contributed by atoms with Crippen LogP contribution in [0.4, 0.5) is 0 Å². The molecule has 23 heavy (non-hydrogen) atoms. The van der Waals surface area contributed by atoms with Crippen LogP contribution in [0.3, 0.4) is 0 Å². The Labute approximate surface area is 141 Å². The van der Waals surface area contributed by atoms with Crippen molar-refractivity contribution in [3.63, 3.8) is 0 Å². The lowest BCUT2D eigenvalue weighted by molar-refractivity contribution is -0.147. The van der Waals surface area contributed by atoms with E-state index < -0.39 is 0 Å². The quantitative estimate of drug-likeness (QED) is 0.829. The lowest BCUT2D eigenvalue weighted by Crippen LogP contribution is -2.58. The Kier molecular flexibility index (Phi) is 4.39. The van der Waals surface area contributed by atoms with Gasteiger partial charge in [0.1, 0.15) is 5.69 Å². The Bertz CT molecular complexity index is 546. The lowest BCUT2D eigenvalue weighted by Gasteiger charge is -2.50. The van der Waals surface area contributed by atoms with E-state index >= 15 is 0 Å². The summed E-state index contributed by atoms with van der Waals surface area (Å²) < 4.78 is 12.1. The van der Waals surface area contributed by atoms with Crippen LogP contribution in [-0.2, 0) is 9.47 Å². The molecule has 1 aromatic rings. The summed E-state index contributed by atoms with van der Waals surface area (Å²) in [7, 11) is 0. The van der Waals surface area contributed by atoms with Crippen molar-refractivity contribution in [2.75, 3.05) is 32.9 Å². The first-order chi connectivity index (χ1) is 11.3. The Hall–Kier alpha value is -0.980. The molecule has 1 saturated carbocycles. The van der Waals surface area contributed by atoms with Gasteiger partial charge in [0.25, 0.3) is 5.91 Å². The first kappa shape index (κ1) is 15.5. The fourth-order valence-electron chi connectivity index (χ4n) is 3.87. The summed E-state index contributed by atoms with van der Waals surface area (Å²) in [4.78, 5) is 18.8. The smallest absolute Gasteiger partial charge is 0.273 e. The minimum absolute atomic E-state index is 0.0307. The molecule has 3 fully saturated rings. The minimum Gasteiger partial charge on any atom is -0.380 e. The second-order valence-electron chi connectivity index (χ2n) is 7.17. The molecule has 0 spiro atoms. The lowest BCUT2D eigenvalue weighted by atomic mass is 9.73. The molecule has 126 valence electrons. The Morgan fingerprint density at radius 1 is 1.48 bits per heavy atom. The summed E-state index contributed by atoms with van der Waals surface area (Å²) in [5, 5.41) is 1.84. The second-order valence-corrected chi connectivity index (χ2v) is 7.89. The maximum Gasteiger partial charge on any atom is 0.273 e. The van der Waals surface area contributed by atoms with Gasteiger partial charge in [0.15, 0.2) is 0 Å². The van der Waals surface area contributed by atoms with E-state index in [-0.39, 0.29) is 17.4 Å². The van der Waals surface area contributed by atoms with Crippen molar-refractivity contribution in [2.24, 2.45) is 11.3 Å². The van der Waals surface area contributed by atoms with Crippen LogP contribution in [-0.4, -0.2) is 54.8 Å². The average molecular weight is 336 g/mol. The number of carbonyl (C=O) groups is 1. The van der Waals surface area contributed by atoms with Crippen molar-refractivity contribution in [1.29, 1.82) is 0 Å². The molecule has 5 nitrogen and oxygen atoms in total. The van der Waals surface area contributed by atoms with Gasteiger partial charge in [-0.15, -0.1) is 11.3 Å². The predicted octanol–water partition coefficient (Wildman–Crippen LogP) is 2.58. The van der Waals surface area contributed by atoms with E-state index in [9.17, 15) is 4.79 Å². The largest absolute Gasteiger partial charge is 0.380 e. The minimum atomic E-state index is -0.0307. The van der Waals surface area contributed by atoms with Crippen LogP contribution < -0.4 is 0 Å². The monoisotopic (exact) mass is 336 g/mol. The van der Waals surface area contributed by atoms with Gasteiger partial charge in [-0.25, -0.2) is 4.98 Å². The maximum absolute atomic E-state index is 12.7. The number of hydrogen-bond acceptors (Lipinski definition) is 5. The van der Waals surface area contributed by atoms with Crippen LogP contribution in [0.25, 0.3) is 0 Å².